The van der Waals surface area contributed by atoms with E-state index in [-0.39, 0.29) is 48.3 Å². The van der Waals surface area contributed by atoms with E-state index in [0.29, 0.717) is 13.0 Å². The number of carbonyl (C=O) groups excluding carboxylic acids is 2. The minimum atomic E-state index is -3.12. The highest BCUT2D eigenvalue weighted by molar-refractivity contribution is 7.91. The largest absolute Gasteiger partial charge is 0.456 e. The number of ether oxygens (including phenoxy) is 1. The quantitative estimate of drug-likeness (QED) is 0.539. The van der Waals surface area contributed by atoms with Gasteiger partial charge in [-0.1, -0.05) is 74.5 Å². The van der Waals surface area contributed by atoms with E-state index in [1.165, 1.54) is 0 Å². The normalized spacial score (nSPS) is 17.4. The van der Waals surface area contributed by atoms with Crippen molar-refractivity contribution in [1.82, 2.24) is 4.90 Å². The Kier molecular flexibility index (Phi) is 8.07. The van der Waals surface area contributed by atoms with Crippen molar-refractivity contribution < 1.29 is 22.7 Å². The van der Waals surface area contributed by atoms with Gasteiger partial charge in [0, 0.05) is 18.5 Å². The Bertz CT molecular complexity index is 966. The van der Waals surface area contributed by atoms with Crippen LogP contribution >= 0.6 is 0 Å². The second-order valence-corrected chi connectivity index (χ2v) is 11.0. The molecule has 0 spiro atoms. The molecule has 1 atom stereocenters. The average Bonchev–Trinajstić information content (AvgIpc) is 3.14. The van der Waals surface area contributed by atoms with Crippen LogP contribution in [-0.2, 0) is 24.2 Å². The van der Waals surface area contributed by atoms with Crippen molar-refractivity contribution in [2.75, 3.05) is 24.7 Å². The highest BCUT2D eigenvalue weighted by Gasteiger charge is 2.35. The van der Waals surface area contributed by atoms with Crippen LogP contribution in [0.2, 0.25) is 0 Å². The third-order valence-electron chi connectivity index (χ3n) is 5.66. The van der Waals surface area contributed by atoms with Crippen molar-refractivity contribution in [3.05, 3.63) is 71.8 Å². The van der Waals surface area contributed by atoms with Crippen LogP contribution in [-0.4, -0.2) is 55.9 Å². The van der Waals surface area contributed by atoms with Crippen molar-refractivity contribution in [1.29, 1.82) is 0 Å². The smallest absolute Gasteiger partial charge is 0.307 e. The summed E-state index contributed by atoms with van der Waals surface area (Å²) in [7, 11) is -3.12. The molecular weight excluding hydrogens is 426 g/mol. The Balaban J connectivity index is 1.65. The summed E-state index contributed by atoms with van der Waals surface area (Å²) in [5, 5.41) is 0. The fourth-order valence-electron chi connectivity index (χ4n) is 4.12. The monoisotopic (exact) mass is 457 g/mol. The van der Waals surface area contributed by atoms with Crippen LogP contribution in [0, 0.1) is 5.92 Å². The molecule has 1 saturated heterocycles. The predicted molar refractivity (Wildman–Crippen MR) is 124 cm³/mol. The van der Waals surface area contributed by atoms with E-state index in [0.717, 1.165) is 11.1 Å². The fraction of sp³-hybridized carbons (Fsp3) is 0.440. The number of rotatable bonds is 9. The van der Waals surface area contributed by atoms with Crippen molar-refractivity contribution in [3.8, 4) is 0 Å². The molecule has 7 heteroatoms. The molecule has 1 aliphatic rings. The first-order chi connectivity index (χ1) is 15.2. The van der Waals surface area contributed by atoms with Crippen LogP contribution in [0.15, 0.2) is 60.7 Å². The summed E-state index contributed by atoms with van der Waals surface area (Å²) in [6, 6.07) is 19.1. The van der Waals surface area contributed by atoms with Crippen LogP contribution in [0.3, 0.4) is 0 Å². The number of sulfone groups is 1. The van der Waals surface area contributed by atoms with Crippen LogP contribution in [0.4, 0.5) is 0 Å². The van der Waals surface area contributed by atoms with Gasteiger partial charge in [0.05, 0.1) is 17.9 Å². The van der Waals surface area contributed by atoms with E-state index in [4.69, 9.17) is 4.74 Å². The highest BCUT2D eigenvalue weighted by atomic mass is 32.2. The van der Waals surface area contributed by atoms with Gasteiger partial charge in [-0.3, -0.25) is 9.59 Å². The topological polar surface area (TPSA) is 80.8 Å². The minimum absolute atomic E-state index is 0.0243. The van der Waals surface area contributed by atoms with E-state index in [2.05, 4.69) is 0 Å². The standard InChI is InChI=1S/C25H31NO5S/c1-19(2)16-26(22-13-14-32(29,30)18-22)24(27)17-31-25(28)15-23(20-9-5-3-6-10-20)21-11-7-4-8-12-21/h3-12,19,22-23H,13-18H2,1-2H3. The minimum Gasteiger partial charge on any atom is -0.456 e. The van der Waals surface area contributed by atoms with Gasteiger partial charge in [0.25, 0.3) is 5.91 Å². The Hall–Kier alpha value is -2.67. The summed E-state index contributed by atoms with van der Waals surface area (Å²) in [5.74, 6) is -0.728. The van der Waals surface area contributed by atoms with Gasteiger partial charge in [-0.15, -0.1) is 0 Å². The molecule has 1 unspecified atom stereocenters. The van der Waals surface area contributed by atoms with Gasteiger partial charge >= 0.3 is 5.97 Å². The lowest BCUT2D eigenvalue weighted by atomic mass is 9.89. The van der Waals surface area contributed by atoms with Gasteiger partial charge in [-0.25, -0.2) is 8.42 Å². The number of nitrogens with zero attached hydrogens (tertiary/aromatic N) is 1. The van der Waals surface area contributed by atoms with Gasteiger partial charge in [0.2, 0.25) is 0 Å². The van der Waals surface area contributed by atoms with E-state index in [1.807, 2.05) is 74.5 Å². The summed E-state index contributed by atoms with van der Waals surface area (Å²) in [4.78, 5) is 27.1. The number of benzene rings is 2. The summed E-state index contributed by atoms with van der Waals surface area (Å²) in [6.45, 7) is 4.01. The van der Waals surface area contributed by atoms with Crippen LogP contribution in [0.25, 0.3) is 0 Å². The molecule has 1 heterocycles. The Morgan fingerprint density at radius 2 is 1.56 bits per heavy atom. The van der Waals surface area contributed by atoms with Gasteiger partial charge < -0.3 is 9.64 Å². The average molecular weight is 458 g/mol. The van der Waals surface area contributed by atoms with Crippen molar-refractivity contribution in [3.63, 3.8) is 0 Å². The lowest BCUT2D eigenvalue weighted by Gasteiger charge is -2.29. The highest BCUT2D eigenvalue weighted by Crippen LogP contribution is 2.28. The molecule has 32 heavy (non-hydrogen) atoms. The second kappa shape index (κ2) is 10.8. The lowest BCUT2D eigenvalue weighted by Crippen LogP contribution is -2.45. The van der Waals surface area contributed by atoms with Crippen LogP contribution < -0.4 is 0 Å². The van der Waals surface area contributed by atoms with Gasteiger partial charge in [-0.05, 0) is 23.5 Å². The third-order valence-corrected chi connectivity index (χ3v) is 7.41. The lowest BCUT2D eigenvalue weighted by molar-refractivity contribution is -0.153. The first kappa shape index (κ1) is 24.0. The zero-order chi connectivity index (χ0) is 23.1. The molecule has 0 radical (unpaired) electrons. The van der Waals surface area contributed by atoms with Gasteiger partial charge in [-0.2, -0.15) is 0 Å². The number of hydrogen-bond acceptors (Lipinski definition) is 5. The van der Waals surface area contributed by atoms with Crippen LogP contribution in [0.5, 0.6) is 0 Å². The van der Waals surface area contributed by atoms with Crippen molar-refractivity contribution in [2.24, 2.45) is 5.92 Å². The third kappa shape index (κ3) is 6.66. The number of amides is 1. The Labute approximate surface area is 190 Å². The molecule has 0 aromatic heterocycles. The van der Waals surface area contributed by atoms with E-state index in [1.54, 1.807) is 4.90 Å². The Morgan fingerprint density at radius 1 is 1.00 bits per heavy atom. The molecule has 172 valence electrons. The molecule has 0 aliphatic carbocycles. The first-order valence-corrected chi connectivity index (χ1v) is 12.8. The predicted octanol–water partition coefficient (Wildman–Crippen LogP) is 3.42. The van der Waals surface area contributed by atoms with Crippen molar-refractivity contribution >= 4 is 21.7 Å². The molecule has 2 aromatic rings. The molecule has 1 aliphatic heterocycles. The SMILES string of the molecule is CC(C)CN(C(=O)COC(=O)CC(c1ccccc1)c1ccccc1)C1CCS(=O)(=O)C1. The summed E-state index contributed by atoms with van der Waals surface area (Å²) in [5.41, 5.74) is 2.00. The number of hydrogen-bond donors (Lipinski definition) is 0. The molecule has 1 amide bonds. The molecule has 2 aromatic carbocycles. The van der Waals surface area contributed by atoms with Gasteiger partial charge in [0.15, 0.2) is 16.4 Å². The van der Waals surface area contributed by atoms with E-state index < -0.39 is 15.8 Å². The first-order valence-electron chi connectivity index (χ1n) is 11.0. The van der Waals surface area contributed by atoms with E-state index in [9.17, 15) is 18.0 Å². The molecule has 6 nitrogen and oxygen atoms in total. The molecule has 3 rings (SSSR count). The second-order valence-electron chi connectivity index (χ2n) is 8.74. The molecule has 1 fully saturated rings. The maximum absolute atomic E-state index is 12.9. The molecule has 0 saturated carbocycles. The molecule has 0 bridgehead atoms. The summed E-state index contributed by atoms with van der Waals surface area (Å²) < 4.78 is 29.1. The Morgan fingerprint density at radius 3 is 2.03 bits per heavy atom. The van der Waals surface area contributed by atoms with E-state index >= 15 is 0 Å². The zero-order valence-corrected chi connectivity index (χ0v) is 19.5. The maximum Gasteiger partial charge on any atom is 0.307 e. The zero-order valence-electron chi connectivity index (χ0n) is 18.6. The molecular formula is C25H31NO5S. The summed E-state index contributed by atoms with van der Waals surface area (Å²) in [6.07, 6.45) is 0.544. The van der Waals surface area contributed by atoms with Crippen molar-refractivity contribution in [2.45, 2.75) is 38.6 Å². The number of esters is 1. The van der Waals surface area contributed by atoms with Gasteiger partial charge in [0.1, 0.15) is 0 Å². The fourth-order valence-corrected chi connectivity index (χ4v) is 5.85. The maximum atomic E-state index is 12.9. The molecule has 0 N–H and O–H groups in total. The number of carbonyl (C=O) groups is 2. The summed E-state index contributed by atoms with van der Waals surface area (Å²) >= 11 is 0. The van der Waals surface area contributed by atoms with Crippen LogP contribution in [0.1, 0.15) is 43.7 Å².